The van der Waals surface area contributed by atoms with Crippen LogP contribution < -0.4 is 0 Å². The number of hydrogen-bond acceptors (Lipinski definition) is 4. The Morgan fingerprint density at radius 1 is 1.60 bits per heavy atom. The zero-order chi connectivity index (χ0) is 10.8. The summed E-state index contributed by atoms with van der Waals surface area (Å²) in [6, 6.07) is 3.40. The molecule has 2 heterocycles. The van der Waals surface area contributed by atoms with Crippen molar-refractivity contribution in [3.05, 3.63) is 33.5 Å². The average molecular weight is 242 g/mol. The van der Waals surface area contributed by atoms with Gasteiger partial charge in [-0.1, -0.05) is 11.6 Å². The molecule has 6 heteroatoms. The van der Waals surface area contributed by atoms with E-state index in [1.54, 1.807) is 16.8 Å². The lowest BCUT2D eigenvalue weighted by molar-refractivity contribution is 0.102. The van der Waals surface area contributed by atoms with E-state index in [4.69, 9.17) is 11.6 Å². The van der Waals surface area contributed by atoms with Gasteiger partial charge in [0, 0.05) is 6.54 Å². The monoisotopic (exact) mass is 241 g/mol. The lowest BCUT2D eigenvalue weighted by Crippen LogP contribution is -2.10. The third kappa shape index (κ3) is 1.93. The predicted octanol–water partition coefficient (Wildman–Crippen LogP) is 2.24. The van der Waals surface area contributed by atoms with Gasteiger partial charge in [0.1, 0.15) is 6.33 Å². The number of ketones is 1. The van der Waals surface area contributed by atoms with Crippen molar-refractivity contribution in [2.45, 2.75) is 13.5 Å². The molecule has 78 valence electrons. The Morgan fingerprint density at radius 2 is 2.40 bits per heavy atom. The molecule has 0 aliphatic carbocycles. The van der Waals surface area contributed by atoms with E-state index in [0.29, 0.717) is 21.6 Å². The number of carbonyl (C=O) groups excluding carboxylic acids is 1. The van der Waals surface area contributed by atoms with Gasteiger partial charge < -0.3 is 0 Å². The van der Waals surface area contributed by atoms with Crippen LogP contribution in [0.25, 0.3) is 0 Å². The van der Waals surface area contributed by atoms with Gasteiger partial charge in [0.2, 0.25) is 5.78 Å². The summed E-state index contributed by atoms with van der Waals surface area (Å²) in [5.41, 5.74) is 0. The van der Waals surface area contributed by atoms with Crippen LogP contribution in [0.5, 0.6) is 0 Å². The molecule has 0 radical (unpaired) electrons. The molecule has 0 aromatic carbocycles. The smallest absolute Gasteiger partial charge is 0.239 e. The lowest BCUT2D eigenvalue weighted by Gasteiger charge is -1.99. The quantitative estimate of drug-likeness (QED) is 0.775. The highest BCUT2D eigenvalue weighted by molar-refractivity contribution is 7.18. The van der Waals surface area contributed by atoms with Crippen LogP contribution in [0.4, 0.5) is 0 Å². The Balaban J connectivity index is 2.36. The highest BCUT2D eigenvalue weighted by atomic mass is 35.5. The fraction of sp³-hybridized carbons (Fsp3) is 0.222. The Morgan fingerprint density at radius 3 is 3.00 bits per heavy atom. The third-order valence-corrected chi connectivity index (χ3v) is 3.15. The number of hydrogen-bond donors (Lipinski definition) is 0. The van der Waals surface area contributed by atoms with Crippen LogP contribution in [-0.2, 0) is 6.54 Å². The standard InChI is InChI=1S/C9H8ClN3OS/c1-2-13-9(11-5-12-13)8(14)6-3-4-7(10)15-6/h3-5H,2H2,1H3. The van der Waals surface area contributed by atoms with Crippen LogP contribution in [-0.4, -0.2) is 20.5 Å². The second-order valence-corrected chi connectivity index (χ2v) is 4.55. The van der Waals surface area contributed by atoms with Crippen LogP contribution in [0.1, 0.15) is 22.4 Å². The minimum Gasteiger partial charge on any atom is -0.284 e. The zero-order valence-electron chi connectivity index (χ0n) is 7.98. The molecule has 2 aromatic heterocycles. The zero-order valence-corrected chi connectivity index (χ0v) is 9.55. The second kappa shape index (κ2) is 4.12. The summed E-state index contributed by atoms with van der Waals surface area (Å²) in [6.07, 6.45) is 1.38. The Hall–Kier alpha value is -1.20. The van der Waals surface area contributed by atoms with Crippen molar-refractivity contribution in [3.63, 3.8) is 0 Å². The molecule has 2 rings (SSSR count). The van der Waals surface area contributed by atoms with E-state index in [9.17, 15) is 4.79 Å². The fourth-order valence-corrected chi connectivity index (χ4v) is 2.20. The average Bonchev–Trinajstić information content (AvgIpc) is 2.84. The molecule has 0 atom stereocenters. The summed E-state index contributed by atoms with van der Waals surface area (Å²) in [6.45, 7) is 2.53. The summed E-state index contributed by atoms with van der Waals surface area (Å²) < 4.78 is 2.16. The van der Waals surface area contributed by atoms with E-state index in [0.717, 1.165) is 0 Å². The molecule has 0 aliphatic rings. The highest BCUT2D eigenvalue weighted by Gasteiger charge is 2.17. The van der Waals surface area contributed by atoms with E-state index in [1.165, 1.54) is 17.7 Å². The van der Waals surface area contributed by atoms with Crippen LogP contribution in [0.15, 0.2) is 18.5 Å². The molecule has 0 N–H and O–H groups in total. The number of halogens is 1. The molecule has 2 aromatic rings. The molecule has 0 amide bonds. The number of thiophene rings is 1. The van der Waals surface area contributed by atoms with Crippen molar-refractivity contribution in [2.24, 2.45) is 0 Å². The summed E-state index contributed by atoms with van der Waals surface area (Å²) in [5, 5.41) is 3.94. The van der Waals surface area contributed by atoms with Crippen LogP contribution in [0, 0.1) is 0 Å². The van der Waals surface area contributed by atoms with E-state index in [2.05, 4.69) is 10.1 Å². The minimum absolute atomic E-state index is 0.133. The molecule has 0 fully saturated rings. The number of aromatic nitrogens is 3. The Labute approximate surface area is 95.5 Å². The largest absolute Gasteiger partial charge is 0.284 e. The van der Waals surface area contributed by atoms with Crippen molar-refractivity contribution >= 4 is 28.7 Å². The third-order valence-electron chi connectivity index (χ3n) is 1.92. The maximum Gasteiger partial charge on any atom is 0.239 e. The maximum atomic E-state index is 11.9. The number of nitrogens with zero attached hydrogens (tertiary/aromatic N) is 3. The fourth-order valence-electron chi connectivity index (χ4n) is 1.22. The van der Waals surface area contributed by atoms with Gasteiger partial charge in [0.05, 0.1) is 9.21 Å². The van der Waals surface area contributed by atoms with Gasteiger partial charge in [-0.25, -0.2) is 9.67 Å². The first-order valence-electron chi connectivity index (χ1n) is 4.40. The first-order valence-corrected chi connectivity index (χ1v) is 5.59. The molecule has 0 spiro atoms. The molecule has 15 heavy (non-hydrogen) atoms. The van der Waals surface area contributed by atoms with Gasteiger partial charge in [-0.2, -0.15) is 5.10 Å². The summed E-state index contributed by atoms with van der Waals surface area (Å²) in [7, 11) is 0. The van der Waals surface area contributed by atoms with Gasteiger partial charge in [-0.3, -0.25) is 4.79 Å². The van der Waals surface area contributed by atoms with E-state index in [1.807, 2.05) is 6.92 Å². The summed E-state index contributed by atoms with van der Waals surface area (Å²) in [5.74, 6) is 0.224. The van der Waals surface area contributed by atoms with Gasteiger partial charge >= 0.3 is 0 Å². The van der Waals surface area contributed by atoms with Gasteiger partial charge in [-0.15, -0.1) is 11.3 Å². The summed E-state index contributed by atoms with van der Waals surface area (Å²) in [4.78, 5) is 16.5. The lowest BCUT2D eigenvalue weighted by atomic mass is 10.3. The first-order chi connectivity index (χ1) is 7.22. The number of aryl methyl sites for hydroxylation is 1. The minimum atomic E-state index is -0.133. The van der Waals surface area contributed by atoms with E-state index in [-0.39, 0.29) is 5.78 Å². The van der Waals surface area contributed by atoms with Gasteiger partial charge in [-0.05, 0) is 19.1 Å². The first kappa shape index (κ1) is 10.3. The molecule has 0 saturated carbocycles. The van der Waals surface area contributed by atoms with Crippen molar-refractivity contribution in [3.8, 4) is 0 Å². The molecule has 4 nitrogen and oxygen atoms in total. The van der Waals surface area contributed by atoms with Crippen LogP contribution in [0.2, 0.25) is 4.34 Å². The molecule has 0 saturated heterocycles. The predicted molar refractivity (Wildman–Crippen MR) is 58.5 cm³/mol. The highest BCUT2D eigenvalue weighted by Crippen LogP contribution is 2.23. The number of carbonyl (C=O) groups is 1. The maximum absolute atomic E-state index is 11.9. The molecular weight excluding hydrogens is 234 g/mol. The molecule has 0 unspecified atom stereocenters. The van der Waals surface area contributed by atoms with Crippen molar-refractivity contribution < 1.29 is 4.79 Å². The van der Waals surface area contributed by atoms with Crippen molar-refractivity contribution in [1.82, 2.24) is 14.8 Å². The second-order valence-electron chi connectivity index (χ2n) is 2.83. The van der Waals surface area contributed by atoms with E-state index >= 15 is 0 Å². The Kier molecular flexibility index (Phi) is 2.83. The normalized spacial score (nSPS) is 10.5. The number of rotatable bonds is 3. The van der Waals surface area contributed by atoms with Crippen LogP contribution in [0.3, 0.4) is 0 Å². The van der Waals surface area contributed by atoms with Gasteiger partial charge in [0.25, 0.3) is 0 Å². The van der Waals surface area contributed by atoms with Crippen molar-refractivity contribution in [1.29, 1.82) is 0 Å². The molecule has 0 aliphatic heterocycles. The Bertz CT molecular complexity index is 491. The summed E-state index contributed by atoms with van der Waals surface area (Å²) >= 11 is 7.01. The topological polar surface area (TPSA) is 47.8 Å². The SMILES string of the molecule is CCn1ncnc1C(=O)c1ccc(Cl)s1. The van der Waals surface area contributed by atoms with E-state index < -0.39 is 0 Å². The van der Waals surface area contributed by atoms with Crippen molar-refractivity contribution in [2.75, 3.05) is 0 Å². The molecule has 0 bridgehead atoms. The molecular formula is C9H8ClN3OS. The van der Waals surface area contributed by atoms with Gasteiger partial charge in [0.15, 0.2) is 5.82 Å². The van der Waals surface area contributed by atoms with Crippen LogP contribution >= 0.6 is 22.9 Å².